The van der Waals surface area contributed by atoms with Crippen LogP contribution < -0.4 is 5.32 Å². The first-order valence-corrected chi connectivity index (χ1v) is 34.3. The van der Waals surface area contributed by atoms with Gasteiger partial charge in [0.1, 0.15) is 0 Å². The van der Waals surface area contributed by atoms with Crippen LogP contribution in [0.15, 0.2) is 36.5 Å². The minimum atomic E-state index is -0.845. The van der Waals surface area contributed by atoms with E-state index in [1.165, 1.54) is 295 Å². The van der Waals surface area contributed by atoms with Crippen LogP contribution in [0.2, 0.25) is 0 Å². The third-order valence-corrected chi connectivity index (χ3v) is 15.9. The second-order valence-corrected chi connectivity index (χ2v) is 23.5. The topological polar surface area (TPSA) is 95.9 Å². The summed E-state index contributed by atoms with van der Waals surface area (Å²) in [5, 5.41) is 23.2. The Kier molecular flexibility index (Phi) is 63.9. The maximum absolute atomic E-state index is 12.5. The van der Waals surface area contributed by atoms with Gasteiger partial charge in [0, 0.05) is 12.8 Å². The Bertz CT molecular complexity index is 1230. The van der Waals surface area contributed by atoms with Crippen LogP contribution in [0.4, 0.5) is 0 Å². The van der Waals surface area contributed by atoms with Crippen molar-refractivity contribution in [1.29, 1.82) is 0 Å². The minimum absolute atomic E-state index is 0.00941. The van der Waals surface area contributed by atoms with E-state index in [-0.39, 0.29) is 18.5 Å². The maximum Gasteiger partial charge on any atom is 0.305 e. The summed E-state index contributed by atoms with van der Waals surface area (Å²) in [4.78, 5) is 24.6. The molecule has 0 radical (unpaired) electrons. The highest BCUT2D eigenvalue weighted by Crippen LogP contribution is 2.18. The predicted molar refractivity (Wildman–Crippen MR) is 333 cm³/mol. The molecule has 0 saturated heterocycles. The molecule has 0 heterocycles. The van der Waals surface area contributed by atoms with Crippen molar-refractivity contribution in [2.24, 2.45) is 0 Å². The largest absolute Gasteiger partial charge is 0.466 e. The molecule has 0 aliphatic carbocycles. The van der Waals surface area contributed by atoms with Crippen molar-refractivity contribution in [2.75, 3.05) is 13.2 Å². The summed E-state index contributed by atoms with van der Waals surface area (Å²) in [6.45, 7) is 4.91. The van der Waals surface area contributed by atoms with Crippen LogP contribution in [-0.2, 0) is 14.3 Å². The third-order valence-electron chi connectivity index (χ3n) is 15.9. The van der Waals surface area contributed by atoms with Crippen molar-refractivity contribution in [3.63, 3.8) is 0 Å². The van der Waals surface area contributed by atoms with Crippen molar-refractivity contribution >= 4 is 11.9 Å². The summed E-state index contributed by atoms with van der Waals surface area (Å²) < 4.78 is 5.50. The van der Waals surface area contributed by atoms with Gasteiger partial charge in [-0.2, -0.15) is 0 Å². The van der Waals surface area contributed by atoms with Gasteiger partial charge in [-0.1, -0.05) is 333 Å². The maximum atomic E-state index is 12.5. The van der Waals surface area contributed by atoms with Gasteiger partial charge in [0.05, 0.1) is 25.4 Å². The Morgan fingerprint density at radius 1 is 0.368 bits per heavy atom. The number of ether oxygens (including phenoxy) is 1. The molecular weight excluding hydrogens is 935 g/mol. The van der Waals surface area contributed by atoms with Gasteiger partial charge in [0.2, 0.25) is 5.91 Å². The molecule has 0 rings (SSSR count). The highest BCUT2D eigenvalue weighted by Gasteiger charge is 2.18. The molecule has 0 aliphatic rings. The number of amides is 1. The quantitative estimate of drug-likeness (QED) is 0.0320. The van der Waals surface area contributed by atoms with Gasteiger partial charge in [0.15, 0.2) is 0 Å². The molecule has 76 heavy (non-hydrogen) atoms. The Morgan fingerprint density at radius 2 is 0.658 bits per heavy atom. The molecule has 0 aromatic rings. The second kappa shape index (κ2) is 65.6. The summed E-state index contributed by atoms with van der Waals surface area (Å²) >= 11 is 0. The number of hydrogen-bond acceptors (Lipinski definition) is 5. The van der Waals surface area contributed by atoms with Crippen LogP contribution >= 0.6 is 0 Å². The predicted octanol–water partition coefficient (Wildman–Crippen LogP) is 21.9. The highest BCUT2D eigenvalue weighted by molar-refractivity contribution is 5.76. The molecule has 6 heteroatoms. The number of nitrogens with one attached hydrogen (secondary N) is 1. The van der Waals surface area contributed by atoms with Crippen molar-refractivity contribution < 1.29 is 24.5 Å². The molecule has 0 bridgehead atoms. The summed E-state index contributed by atoms with van der Waals surface area (Å²) in [6.07, 6.45) is 83.5. The van der Waals surface area contributed by atoms with Gasteiger partial charge < -0.3 is 20.3 Å². The molecule has 0 aliphatic heterocycles. The number of carbonyl (C=O) groups is 2. The van der Waals surface area contributed by atoms with Crippen LogP contribution in [0.1, 0.15) is 373 Å². The molecule has 1 amide bonds. The molecule has 2 atom stereocenters. The van der Waals surface area contributed by atoms with Crippen molar-refractivity contribution in [1.82, 2.24) is 5.32 Å². The number of aliphatic hydroxyl groups is 2. The summed E-state index contributed by atoms with van der Waals surface area (Å²) in [5.41, 5.74) is 0. The number of unbranched alkanes of at least 4 members (excludes halogenated alkanes) is 49. The van der Waals surface area contributed by atoms with E-state index in [0.717, 1.165) is 51.4 Å². The fourth-order valence-corrected chi connectivity index (χ4v) is 10.7. The fraction of sp³-hybridized carbons (Fsp3) is 0.886. The van der Waals surface area contributed by atoms with Crippen molar-refractivity contribution in [3.8, 4) is 0 Å². The van der Waals surface area contributed by atoms with Crippen LogP contribution in [0.25, 0.3) is 0 Å². The normalized spacial score (nSPS) is 12.7. The highest BCUT2D eigenvalue weighted by atomic mass is 16.5. The summed E-state index contributed by atoms with van der Waals surface area (Å²) in [6, 6.07) is -0.629. The van der Waals surface area contributed by atoms with Gasteiger partial charge in [0.25, 0.3) is 0 Å². The van der Waals surface area contributed by atoms with E-state index in [1.807, 2.05) is 6.08 Å². The molecule has 0 aromatic carbocycles. The number of aliphatic hydroxyl groups excluding tert-OH is 2. The molecule has 0 fully saturated rings. The Labute approximate surface area is 474 Å². The molecule has 2 unspecified atom stereocenters. The van der Waals surface area contributed by atoms with Gasteiger partial charge in [-0.15, -0.1) is 0 Å². The molecule has 448 valence electrons. The van der Waals surface area contributed by atoms with Crippen LogP contribution in [0.5, 0.6) is 0 Å². The Balaban J connectivity index is 3.39. The lowest BCUT2D eigenvalue weighted by Gasteiger charge is -2.20. The number of carbonyl (C=O) groups excluding carboxylic acids is 2. The number of allylic oxidation sites excluding steroid dienone is 5. The van der Waals surface area contributed by atoms with Gasteiger partial charge in [-0.25, -0.2) is 0 Å². The zero-order valence-corrected chi connectivity index (χ0v) is 51.3. The first kappa shape index (κ1) is 74.1. The monoisotopic (exact) mass is 1070 g/mol. The Morgan fingerprint density at radius 3 is 1.03 bits per heavy atom. The number of hydrogen-bond donors (Lipinski definition) is 3. The van der Waals surface area contributed by atoms with E-state index in [0.29, 0.717) is 19.4 Å². The van der Waals surface area contributed by atoms with E-state index in [9.17, 15) is 19.8 Å². The van der Waals surface area contributed by atoms with E-state index in [4.69, 9.17) is 4.74 Å². The number of esters is 1. The van der Waals surface area contributed by atoms with Crippen LogP contribution in [-0.4, -0.2) is 47.4 Å². The molecule has 6 nitrogen and oxygen atoms in total. The van der Waals surface area contributed by atoms with E-state index >= 15 is 0 Å². The lowest BCUT2D eigenvalue weighted by molar-refractivity contribution is -0.143. The summed E-state index contributed by atoms with van der Waals surface area (Å²) in [5.74, 6) is -0.0560. The molecule has 0 saturated carbocycles. The average Bonchev–Trinajstić information content (AvgIpc) is 3.42. The minimum Gasteiger partial charge on any atom is -0.466 e. The van der Waals surface area contributed by atoms with Crippen LogP contribution in [0, 0.1) is 0 Å². The lowest BCUT2D eigenvalue weighted by Crippen LogP contribution is -2.45. The van der Waals surface area contributed by atoms with E-state index < -0.39 is 12.1 Å². The van der Waals surface area contributed by atoms with E-state index in [2.05, 4.69) is 43.5 Å². The van der Waals surface area contributed by atoms with Crippen molar-refractivity contribution in [3.05, 3.63) is 36.5 Å². The first-order valence-electron chi connectivity index (χ1n) is 34.3. The van der Waals surface area contributed by atoms with Gasteiger partial charge in [-0.3, -0.25) is 9.59 Å². The van der Waals surface area contributed by atoms with E-state index in [1.54, 1.807) is 6.08 Å². The molecule has 0 spiro atoms. The molecular formula is C70H133NO5. The zero-order chi connectivity index (χ0) is 55.0. The zero-order valence-electron chi connectivity index (χ0n) is 51.3. The van der Waals surface area contributed by atoms with Gasteiger partial charge in [-0.05, 0) is 64.2 Å². The summed E-state index contributed by atoms with van der Waals surface area (Å²) in [7, 11) is 0. The lowest BCUT2D eigenvalue weighted by atomic mass is 10.0. The Hall–Kier alpha value is -1.92. The molecule has 0 aromatic heterocycles. The van der Waals surface area contributed by atoms with Gasteiger partial charge >= 0.3 is 5.97 Å². The smallest absolute Gasteiger partial charge is 0.305 e. The van der Waals surface area contributed by atoms with Crippen molar-refractivity contribution in [2.45, 2.75) is 386 Å². The fourth-order valence-electron chi connectivity index (χ4n) is 10.7. The first-order chi connectivity index (χ1) is 37.5. The molecule has 3 N–H and O–H groups in total. The SMILES string of the molecule is CCCCC/C=C\C/C=C\CCCCCCCCCCCC(=O)OCCCCCCCCCCCCCCCCCCCCCCCCC(=O)NC(CO)C(O)/C=C/CCCCCCCCCCCCCCCCCC. The average molecular weight is 1070 g/mol. The number of rotatable bonds is 64. The third kappa shape index (κ3) is 61.3. The second-order valence-electron chi connectivity index (χ2n) is 23.5. The van der Waals surface area contributed by atoms with Crippen LogP contribution in [0.3, 0.4) is 0 Å². The standard InChI is InChI=1S/C70H133NO5/c1-3-5-7-9-11-13-15-17-19-21-27-32-36-40-44-48-52-56-60-64-70(75)76-65-61-57-53-49-45-41-37-33-29-26-24-23-25-28-31-35-39-43-47-51-55-59-63-69(74)71-67(66-72)68(73)62-58-54-50-46-42-38-34-30-22-20-18-16-14-12-10-8-6-4-2/h11,13,17,19,58,62,67-68,72-73H,3-10,12,14-16,18,20-57,59-61,63-66H2,1-2H3,(H,71,74)/b13-11-,19-17-,62-58+.